The van der Waals surface area contributed by atoms with Crippen LogP contribution >= 0.6 is 27.5 Å². The van der Waals surface area contributed by atoms with Crippen molar-refractivity contribution in [1.29, 1.82) is 0 Å². The molecule has 1 atom stereocenters. The monoisotopic (exact) mass is 378 g/mol. The maximum atomic E-state index is 12.4. The second-order valence-electron chi connectivity index (χ2n) is 4.17. The maximum absolute atomic E-state index is 12.4. The molecule has 0 aliphatic rings. The Kier molecular flexibility index (Phi) is 4.43. The molecule has 0 aliphatic carbocycles. The zero-order valence-corrected chi connectivity index (χ0v) is 13.6. The number of rotatable bonds is 4. The van der Waals surface area contributed by atoms with Crippen LogP contribution in [0.25, 0.3) is 0 Å². The van der Waals surface area contributed by atoms with E-state index in [0.717, 1.165) is 0 Å². The SMILES string of the molecule is CC(NS(=O)(=O)c1cc(Cl)cc(N)c1Br)c1ccco1. The number of nitrogens with one attached hydrogen (secondary N) is 1. The average Bonchev–Trinajstić information content (AvgIpc) is 2.86. The van der Waals surface area contributed by atoms with Crippen LogP contribution in [-0.4, -0.2) is 8.42 Å². The first-order chi connectivity index (χ1) is 9.31. The minimum absolute atomic E-state index is 0.0130. The summed E-state index contributed by atoms with van der Waals surface area (Å²) in [6, 6.07) is 5.67. The van der Waals surface area contributed by atoms with Crippen molar-refractivity contribution in [3.05, 3.63) is 45.8 Å². The summed E-state index contributed by atoms with van der Waals surface area (Å²) >= 11 is 9.02. The molecule has 0 spiro atoms. The Morgan fingerprint density at radius 2 is 2.15 bits per heavy atom. The Morgan fingerprint density at radius 3 is 2.75 bits per heavy atom. The Hall–Kier alpha value is -1.02. The van der Waals surface area contributed by atoms with E-state index in [1.54, 1.807) is 19.1 Å². The highest BCUT2D eigenvalue weighted by Crippen LogP contribution is 2.32. The van der Waals surface area contributed by atoms with Crippen molar-refractivity contribution in [1.82, 2.24) is 4.72 Å². The molecule has 0 bridgehead atoms. The fourth-order valence-corrected chi connectivity index (χ4v) is 4.18. The van der Waals surface area contributed by atoms with Gasteiger partial charge >= 0.3 is 0 Å². The van der Waals surface area contributed by atoms with Gasteiger partial charge < -0.3 is 10.2 Å². The van der Waals surface area contributed by atoms with Gasteiger partial charge in [0, 0.05) is 10.7 Å². The van der Waals surface area contributed by atoms with Gasteiger partial charge in [0.25, 0.3) is 0 Å². The summed E-state index contributed by atoms with van der Waals surface area (Å²) in [5.41, 5.74) is 5.95. The smallest absolute Gasteiger partial charge is 0.242 e. The highest BCUT2D eigenvalue weighted by molar-refractivity contribution is 9.10. The summed E-state index contributed by atoms with van der Waals surface area (Å²) in [6.07, 6.45) is 1.48. The molecule has 0 aliphatic heterocycles. The molecule has 2 rings (SSSR count). The predicted octanol–water partition coefficient (Wildman–Crippen LogP) is 3.32. The lowest BCUT2D eigenvalue weighted by molar-refractivity contribution is 0.459. The van der Waals surface area contributed by atoms with E-state index in [2.05, 4.69) is 20.7 Å². The number of nitrogens with two attached hydrogens (primary N) is 1. The minimum Gasteiger partial charge on any atom is -0.468 e. The highest BCUT2D eigenvalue weighted by Gasteiger charge is 2.23. The van der Waals surface area contributed by atoms with Crippen molar-refractivity contribution in [2.75, 3.05) is 5.73 Å². The van der Waals surface area contributed by atoms with Gasteiger partial charge in [-0.2, -0.15) is 0 Å². The fourth-order valence-electron chi connectivity index (χ4n) is 1.67. The van der Waals surface area contributed by atoms with Crippen LogP contribution in [0.1, 0.15) is 18.7 Å². The summed E-state index contributed by atoms with van der Waals surface area (Å²) in [4.78, 5) is -0.0130. The van der Waals surface area contributed by atoms with Crippen LogP contribution in [0, 0.1) is 0 Å². The second kappa shape index (κ2) is 5.77. The lowest BCUT2D eigenvalue weighted by atomic mass is 10.3. The third-order valence-electron chi connectivity index (χ3n) is 2.62. The zero-order valence-electron chi connectivity index (χ0n) is 10.4. The number of sulfonamides is 1. The van der Waals surface area contributed by atoms with Crippen LogP contribution in [0.3, 0.4) is 0 Å². The van der Waals surface area contributed by atoms with Crippen LogP contribution in [0.2, 0.25) is 5.02 Å². The third-order valence-corrected chi connectivity index (χ3v) is 5.55. The molecular weight excluding hydrogens is 368 g/mol. The first-order valence-electron chi connectivity index (χ1n) is 5.61. The van der Waals surface area contributed by atoms with Crippen molar-refractivity contribution in [3.8, 4) is 0 Å². The molecule has 3 N–H and O–H groups in total. The lowest BCUT2D eigenvalue weighted by Gasteiger charge is -2.14. The number of halogens is 2. The predicted molar refractivity (Wildman–Crippen MR) is 81.0 cm³/mol. The molecule has 1 aromatic carbocycles. The van der Waals surface area contributed by atoms with Crippen molar-refractivity contribution >= 4 is 43.2 Å². The van der Waals surface area contributed by atoms with Crippen LogP contribution in [0.5, 0.6) is 0 Å². The molecule has 0 saturated heterocycles. The van der Waals surface area contributed by atoms with Gasteiger partial charge in [0.1, 0.15) is 5.76 Å². The van der Waals surface area contributed by atoms with Crippen molar-refractivity contribution in [3.63, 3.8) is 0 Å². The highest BCUT2D eigenvalue weighted by atomic mass is 79.9. The van der Waals surface area contributed by atoms with Gasteiger partial charge in [0.05, 0.1) is 21.7 Å². The van der Waals surface area contributed by atoms with Crippen molar-refractivity contribution in [2.24, 2.45) is 0 Å². The minimum atomic E-state index is -3.78. The number of anilines is 1. The number of benzene rings is 1. The van der Waals surface area contributed by atoms with E-state index in [0.29, 0.717) is 5.76 Å². The number of hydrogen-bond acceptors (Lipinski definition) is 4. The lowest BCUT2D eigenvalue weighted by Crippen LogP contribution is -2.27. The summed E-state index contributed by atoms with van der Waals surface area (Å²) in [5.74, 6) is 0.514. The topological polar surface area (TPSA) is 85.3 Å². The summed E-state index contributed by atoms with van der Waals surface area (Å²) in [7, 11) is -3.78. The Bertz CT molecular complexity index is 717. The first kappa shape index (κ1) is 15.4. The van der Waals surface area contributed by atoms with Gasteiger partial charge in [-0.1, -0.05) is 11.6 Å². The van der Waals surface area contributed by atoms with Crippen LogP contribution in [0.15, 0.2) is 44.3 Å². The van der Waals surface area contributed by atoms with Gasteiger partial charge in [-0.05, 0) is 47.1 Å². The largest absolute Gasteiger partial charge is 0.468 e. The summed E-state index contributed by atoms with van der Waals surface area (Å²) in [5, 5.41) is 0.247. The number of hydrogen-bond donors (Lipinski definition) is 2. The summed E-state index contributed by atoms with van der Waals surface area (Å²) < 4.78 is 32.7. The van der Waals surface area contributed by atoms with Crippen LogP contribution in [0.4, 0.5) is 5.69 Å². The van der Waals surface area contributed by atoms with Gasteiger partial charge in [-0.15, -0.1) is 0 Å². The quantitative estimate of drug-likeness (QED) is 0.798. The molecule has 1 aromatic heterocycles. The Labute approximate surface area is 130 Å². The van der Waals surface area contributed by atoms with Gasteiger partial charge in [-0.25, -0.2) is 13.1 Å². The van der Waals surface area contributed by atoms with E-state index in [4.69, 9.17) is 21.8 Å². The molecule has 2 aromatic rings. The van der Waals surface area contributed by atoms with Crippen LogP contribution < -0.4 is 10.5 Å². The summed E-state index contributed by atoms with van der Waals surface area (Å²) in [6.45, 7) is 1.68. The molecule has 1 heterocycles. The van der Waals surface area contributed by atoms with E-state index in [1.807, 2.05) is 0 Å². The Balaban J connectivity index is 2.36. The first-order valence-corrected chi connectivity index (χ1v) is 8.27. The molecule has 8 heteroatoms. The molecule has 0 radical (unpaired) electrons. The molecule has 20 heavy (non-hydrogen) atoms. The molecular formula is C12H12BrClN2O3S. The van der Waals surface area contributed by atoms with Gasteiger partial charge in [0.2, 0.25) is 10.0 Å². The molecule has 0 saturated carbocycles. The number of furan rings is 1. The van der Waals surface area contributed by atoms with Crippen molar-refractivity contribution in [2.45, 2.75) is 17.9 Å². The number of nitrogen functional groups attached to an aromatic ring is 1. The molecule has 108 valence electrons. The maximum Gasteiger partial charge on any atom is 0.242 e. The molecule has 1 unspecified atom stereocenters. The second-order valence-corrected chi connectivity index (χ2v) is 7.08. The van der Waals surface area contributed by atoms with E-state index in [1.165, 1.54) is 18.4 Å². The fraction of sp³-hybridized carbons (Fsp3) is 0.167. The molecule has 0 amide bonds. The standard InChI is InChI=1S/C12H12BrClN2O3S/c1-7(10-3-2-4-19-10)16-20(17,18)11-6-8(14)5-9(15)12(11)13/h2-7,16H,15H2,1H3. The van der Waals surface area contributed by atoms with E-state index in [9.17, 15) is 8.42 Å². The van der Waals surface area contributed by atoms with E-state index in [-0.39, 0.29) is 20.1 Å². The van der Waals surface area contributed by atoms with E-state index >= 15 is 0 Å². The molecule has 0 fully saturated rings. The normalized spacial score (nSPS) is 13.3. The van der Waals surface area contributed by atoms with Crippen molar-refractivity contribution < 1.29 is 12.8 Å². The Morgan fingerprint density at radius 1 is 1.45 bits per heavy atom. The van der Waals surface area contributed by atoms with Crippen LogP contribution in [-0.2, 0) is 10.0 Å². The third kappa shape index (κ3) is 3.17. The van der Waals surface area contributed by atoms with Gasteiger partial charge in [-0.3, -0.25) is 0 Å². The molecule has 5 nitrogen and oxygen atoms in total. The average molecular weight is 380 g/mol. The van der Waals surface area contributed by atoms with Gasteiger partial charge in [0.15, 0.2) is 0 Å². The van der Waals surface area contributed by atoms with E-state index < -0.39 is 16.1 Å². The zero-order chi connectivity index (χ0) is 14.9.